The van der Waals surface area contributed by atoms with Gasteiger partial charge in [0.1, 0.15) is 12.2 Å². The minimum Gasteiger partial charge on any atom is -0.461 e. The molecule has 0 unspecified atom stereocenters. The first-order chi connectivity index (χ1) is 7.31. The highest BCUT2D eigenvalue weighted by molar-refractivity contribution is 5.95. The minimum absolute atomic E-state index is 0.00185. The third-order valence-electron chi connectivity index (χ3n) is 1.50. The smallest absolute Gasteiger partial charge is 0.323 e. The molecule has 0 fully saturated rings. The Kier molecular flexibility index (Phi) is 5.74. The topological polar surface area (TPSA) is 72.8 Å². The van der Waals surface area contributed by atoms with Crippen molar-refractivity contribution in [3.63, 3.8) is 0 Å². The molecule has 16 heavy (non-hydrogen) atoms. The Morgan fingerprint density at radius 3 is 2.31 bits per heavy atom. The fraction of sp³-hybridized carbons (Fsp3) is 0.636. The Hall–Kier alpha value is -1.36. The second-order valence-electron chi connectivity index (χ2n) is 4.19. The van der Waals surface area contributed by atoms with E-state index >= 15 is 0 Å². The number of ether oxygens (including phenoxy) is 2. The molecule has 0 aromatic carbocycles. The average Bonchev–Trinajstić information content (AvgIpc) is 2.12. The van der Waals surface area contributed by atoms with E-state index in [9.17, 15) is 9.59 Å². The third kappa shape index (κ3) is 5.50. The Morgan fingerprint density at radius 1 is 1.38 bits per heavy atom. The van der Waals surface area contributed by atoms with Gasteiger partial charge in [-0.25, -0.2) is 0 Å². The van der Waals surface area contributed by atoms with Gasteiger partial charge in [-0.3, -0.25) is 9.59 Å². The molecule has 92 valence electrons. The van der Waals surface area contributed by atoms with Crippen molar-refractivity contribution < 1.29 is 24.2 Å². The zero-order valence-electron chi connectivity index (χ0n) is 9.86. The molecule has 0 radical (unpaired) electrons. The maximum Gasteiger partial charge on any atom is 0.323 e. The summed E-state index contributed by atoms with van der Waals surface area (Å²) in [5.74, 6) is -2.89. The number of rotatable bonds is 5. The molecule has 0 aromatic heterocycles. The van der Waals surface area contributed by atoms with Crippen LogP contribution < -0.4 is 0 Å². The first-order valence-corrected chi connectivity index (χ1v) is 4.93. The molecule has 0 spiro atoms. The number of hydrogen-bond acceptors (Lipinski definition) is 5. The predicted molar refractivity (Wildman–Crippen MR) is 57.6 cm³/mol. The van der Waals surface area contributed by atoms with E-state index in [1.165, 1.54) is 6.08 Å². The molecule has 0 saturated carbocycles. The summed E-state index contributed by atoms with van der Waals surface area (Å²) in [6.07, 6.45) is 1.38. The molecule has 0 aliphatic heterocycles. The highest BCUT2D eigenvalue weighted by atomic mass is 16.6. The number of esters is 2. The van der Waals surface area contributed by atoms with Crippen LogP contribution in [0, 0.1) is 5.92 Å². The standard InChI is InChI=1S/C11H18O5/c1-5-6-15-9(13)8(7-12)10(14)16-11(2,3)4/h5,8,12H,1,6-7H2,2-4H3/t8-/m0/s1. The molecular weight excluding hydrogens is 212 g/mol. The third-order valence-corrected chi connectivity index (χ3v) is 1.50. The van der Waals surface area contributed by atoms with E-state index in [2.05, 4.69) is 11.3 Å². The molecule has 0 amide bonds. The van der Waals surface area contributed by atoms with Crippen molar-refractivity contribution in [2.45, 2.75) is 26.4 Å². The first-order valence-electron chi connectivity index (χ1n) is 4.93. The fourth-order valence-corrected chi connectivity index (χ4v) is 0.860. The number of aliphatic hydroxyl groups is 1. The van der Waals surface area contributed by atoms with E-state index in [4.69, 9.17) is 9.84 Å². The van der Waals surface area contributed by atoms with E-state index in [0.29, 0.717) is 0 Å². The van der Waals surface area contributed by atoms with Crippen molar-refractivity contribution in [3.8, 4) is 0 Å². The van der Waals surface area contributed by atoms with E-state index < -0.39 is 30.1 Å². The molecule has 0 bridgehead atoms. The molecule has 0 aliphatic rings. The summed E-state index contributed by atoms with van der Waals surface area (Å²) < 4.78 is 9.63. The molecule has 1 atom stereocenters. The maximum absolute atomic E-state index is 11.5. The van der Waals surface area contributed by atoms with Crippen LogP contribution in [0.4, 0.5) is 0 Å². The molecule has 5 heteroatoms. The van der Waals surface area contributed by atoms with Crippen LogP contribution in [0.25, 0.3) is 0 Å². The van der Waals surface area contributed by atoms with Gasteiger partial charge < -0.3 is 14.6 Å². The van der Waals surface area contributed by atoms with E-state index in [0.717, 1.165) is 0 Å². The molecule has 1 N–H and O–H groups in total. The molecule has 0 saturated heterocycles. The number of carbonyl (C=O) groups excluding carboxylic acids is 2. The fourth-order valence-electron chi connectivity index (χ4n) is 0.860. The highest BCUT2D eigenvalue weighted by Gasteiger charge is 2.31. The van der Waals surface area contributed by atoms with Crippen molar-refractivity contribution in [3.05, 3.63) is 12.7 Å². The molecule has 0 rings (SSSR count). The van der Waals surface area contributed by atoms with Crippen LogP contribution in [0.3, 0.4) is 0 Å². The number of hydrogen-bond donors (Lipinski definition) is 1. The van der Waals surface area contributed by atoms with Crippen LogP contribution >= 0.6 is 0 Å². The largest absolute Gasteiger partial charge is 0.461 e. The van der Waals surface area contributed by atoms with E-state index in [1.54, 1.807) is 20.8 Å². The Morgan fingerprint density at radius 2 is 1.94 bits per heavy atom. The lowest BCUT2D eigenvalue weighted by molar-refractivity contribution is -0.170. The second kappa shape index (κ2) is 6.27. The zero-order valence-corrected chi connectivity index (χ0v) is 9.86. The van der Waals surface area contributed by atoms with Crippen molar-refractivity contribution in [2.75, 3.05) is 13.2 Å². The maximum atomic E-state index is 11.5. The average molecular weight is 230 g/mol. The summed E-state index contributed by atoms with van der Waals surface area (Å²) in [6, 6.07) is 0. The number of carbonyl (C=O) groups is 2. The Bertz CT molecular complexity index is 264. The van der Waals surface area contributed by atoms with Gasteiger partial charge in [-0.1, -0.05) is 12.7 Å². The van der Waals surface area contributed by atoms with Gasteiger partial charge in [0.25, 0.3) is 0 Å². The monoisotopic (exact) mass is 230 g/mol. The van der Waals surface area contributed by atoms with Crippen molar-refractivity contribution in [2.24, 2.45) is 5.92 Å². The van der Waals surface area contributed by atoms with Crippen molar-refractivity contribution in [1.29, 1.82) is 0 Å². The van der Waals surface area contributed by atoms with Crippen LogP contribution in [-0.2, 0) is 19.1 Å². The summed E-state index contributed by atoms with van der Waals surface area (Å²) in [5.41, 5.74) is -0.705. The normalized spacial score (nSPS) is 12.8. The summed E-state index contributed by atoms with van der Waals surface area (Å²) in [4.78, 5) is 22.8. The van der Waals surface area contributed by atoms with Gasteiger partial charge in [0.2, 0.25) is 0 Å². The first kappa shape index (κ1) is 14.6. The van der Waals surface area contributed by atoms with Crippen LogP contribution in [0.5, 0.6) is 0 Å². The lowest BCUT2D eigenvalue weighted by Gasteiger charge is -2.22. The summed E-state index contributed by atoms with van der Waals surface area (Å²) in [5, 5.41) is 8.94. The van der Waals surface area contributed by atoms with Gasteiger partial charge in [0, 0.05) is 0 Å². The van der Waals surface area contributed by atoms with Crippen molar-refractivity contribution in [1.82, 2.24) is 0 Å². The van der Waals surface area contributed by atoms with Crippen LogP contribution in [-0.4, -0.2) is 35.9 Å². The Labute approximate surface area is 95.0 Å². The Balaban J connectivity index is 4.42. The summed E-state index contributed by atoms with van der Waals surface area (Å²) >= 11 is 0. The van der Waals surface area contributed by atoms with Crippen molar-refractivity contribution >= 4 is 11.9 Å². The second-order valence-corrected chi connectivity index (χ2v) is 4.19. The highest BCUT2D eigenvalue weighted by Crippen LogP contribution is 2.12. The summed E-state index contributed by atoms with van der Waals surface area (Å²) in [6.45, 7) is 7.76. The SMILES string of the molecule is C=CCOC(=O)[C@H](CO)C(=O)OC(C)(C)C. The van der Waals surface area contributed by atoms with Gasteiger partial charge >= 0.3 is 11.9 Å². The number of aliphatic hydroxyl groups excluding tert-OH is 1. The molecular formula is C11H18O5. The quantitative estimate of drug-likeness (QED) is 0.427. The van der Waals surface area contributed by atoms with E-state index in [1.807, 2.05) is 0 Å². The molecule has 0 aromatic rings. The molecule has 5 nitrogen and oxygen atoms in total. The lowest BCUT2D eigenvalue weighted by atomic mass is 10.1. The van der Waals surface area contributed by atoms with Gasteiger partial charge in [0.15, 0.2) is 5.92 Å². The molecule has 0 aliphatic carbocycles. The van der Waals surface area contributed by atoms with Crippen LogP contribution in [0.1, 0.15) is 20.8 Å². The van der Waals surface area contributed by atoms with E-state index in [-0.39, 0.29) is 6.61 Å². The lowest BCUT2D eigenvalue weighted by Crippen LogP contribution is -2.35. The van der Waals surface area contributed by atoms with Crippen LogP contribution in [0.2, 0.25) is 0 Å². The van der Waals surface area contributed by atoms with Gasteiger partial charge in [-0.2, -0.15) is 0 Å². The predicted octanol–water partition coefficient (Wildman–Crippen LogP) is 0.666. The van der Waals surface area contributed by atoms with Crippen LogP contribution in [0.15, 0.2) is 12.7 Å². The minimum atomic E-state index is -1.29. The zero-order chi connectivity index (χ0) is 12.8. The summed E-state index contributed by atoms with van der Waals surface area (Å²) in [7, 11) is 0. The van der Waals surface area contributed by atoms with Gasteiger partial charge in [0.05, 0.1) is 6.61 Å². The van der Waals surface area contributed by atoms with Gasteiger partial charge in [-0.05, 0) is 20.8 Å². The van der Waals surface area contributed by atoms with Gasteiger partial charge in [-0.15, -0.1) is 0 Å². The molecule has 0 heterocycles.